The van der Waals surface area contributed by atoms with Crippen molar-refractivity contribution in [2.45, 2.75) is 51.1 Å². The summed E-state index contributed by atoms with van der Waals surface area (Å²) in [5, 5.41) is 3.69. The first-order valence-corrected chi connectivity index (χ1v) is 8.01. The topological polar surface area (TPSA) is 12.0 Å². The lowest BCUT2D eigenvalue weighted by Gasteiger charge is -2.16. The molecule has 17 heavy (non-hydrogen) atoms. The molecule has 1 saturated carbocycles. The quantitative estimate of drug-likeness (QED) is 0.746. The van der Waals surface area contributed by atoms with Gasteiger partial charge in [-0.3, -0.25) is 0 Å². The van der Waals surface area contributed by atoms with Gasteiger partial charge in [-0.1, -0.05) is 57.5 Å². The van der Waals surface area contributed by atoms with Crippen molar-refractivity contribution in [2.75, 3.05) is 0 Å². The number of hydrogen-bond acceptors (Lipinski definition) is 1. The minimum atomic E-state index is 0.718. The van der Waals surface area contributed by atoms with Gasteiger partial charge in [-0.05, 0) is 36.6 Å². The summed E-state index contributed by atoms with van der Waals surface area (Å²) in [5.41, 5.74) is 1.34. The molecule has 0 unspecified atom stereocenters. The van der Waals surface area contributed by atoms with Gasteiger partial charge < -0.3 is 5.32 Å². The van der Waals surface area contributed by atoms with E-state index in [1.807, 2.05) is 0 Å². The fraction of sp³-hybridized carbons (Fsp3) is 0.571. The average molecular weight is 361 g/mol. The predicted molar refractivity (Wildman–Crippen MR) is 80.2 cm³/mol. The molecule has 1 N–H and O–H groups in total. The SMILES string of the molecule is Brc1cc(Br)cc(CNC2CCCCCC2)c1. The highest BCUT2D eigenvalue weighted by Crippen LogP contribution is 2.21. The molecular weight excluding hydrogens is 342 g/mol. The monoisotopic (exact) mass is 359 g/mol. The van der Waals surface area contributed by atoms with Crippen LogP contribution in [-0.4, -0.2) is 6.04 Å². The van der Waals surface area contributed by atoms with Crippen LogP contribution in [0, 0.1) is 0 Å². The summed E-state index contributed by atoms with van der Waals surface area (Å²) in [6.07, 6.45) is 8.30. The maximum atomic E-state index is 3.69. The molecule has 0 atom stereocenters. The lowest BCUT2D eigenvalue weighted by molar-refractivity contribution is 0.459. The molecule has 3 heteroatoms. The lowest BCUT2D eigenvalue weighted by atomic mass is 10.1. The van der Waals surface area contributed by atoms with E-state index in [0.29, 0.717) is 0 Å². The van der Waals surface area contributed by atoms with E-state index < -0.39 is 0 Å². The molecule has 1 aromatic rings. The van der Waals surface area contributed by atoms with E-state index >= 15 is 0 Å². The number of rotatable bonds is 3. The van der Waals surface area contributed by atoms with Gasteiger partial charge in [0.1, 0.15) is 0 Å². The van der Waals surface area contributed by atoms with Gasteiger partial charge in [-0.25, -0.2) is 0 Å². The summed E-state index contributed by atoms with van der Waals surface area (Å²) in [6, 6.07) is 7.17. The first-order valence-electron chi connectivity index (χ1n) is 6.42. The van der Waals surface area contributed by atoms with Crippen LogP contribution in [0.2, 0.25) is 0 Å². The molecule has 0 heterocycles. The molecule has 0 amide bonds. The van der Waals surface area contributed by atoms with Crippen LogP contribution in [0.4, 0.5) is 0 Å². The second kappa shape index (κ2) is 6.91. The zero-order chi connectivity index (χ0) is 12.1. The number of halogens is 2. The number of benzene rings is 1. The summed E-state index contributed by atoms with van der Waals surface area (Å²) >= 11 is 7.07. The summed E-state index contributed by atoms with van der Waals surface area (Å²) in [4.78, 5) is 0. The van der Waals surface area contributed by atoms with Crippen molar-refractivity contribution in [3.8, 4) is 0 Å². The van der Waals surface area contributed by atoms with Gasteiger partial charge >= 0.3 is 0 Å². The molecule has 1 aromatic carbocycles. The Morgan fingerprint density at radius 3 is 2.12 bits per heavy atom. The van der Waals surface area contributed by atoms with E-state index in [2.05, 4.69) is 55.4 Å². The third-order valence-electron chi connectivity index (χ3n) is 3.37. The van der Waals surface area contributed by atoms with Crippen LogP contribution in [0.3, 0.4) is 0 Å². The van der Waals surface area contributed by atoms with E-state index in [1.165, 1.54) is 44.1 Å². The molecule has 2 rings (SSSR count). The standard InChI is InChI=1S/C14H19Br2N/c15-12-7-11(8-13(16)9-12)10-17-14-5-3-1-2-4-6-14/h7-9,14,17H,1-6,10H2. The zero-order valence-electron chi connectivity index (χ0n) is 10.0. The Morgan fingerprint density at radius 2 is 1.53 bits per heavy atom. The molecule has 0 spiro atoms. The van der Waals surface area contributed by atoms with E-state index in [-0.39, 0.29) is 0 Å². The van der Waals surface area contributed by atoms with Crippen molar-refractivity contribution in [3.63, 3.8) is 0 Å². The molecular formula is C14H19Br2N. The second-order valence-electron chi connectivity index (χ2n) is 4.85. The van der Waals surface area contributed by atoms with Crippen molar-refractivity contribution in [1.29, 1.82) is 0 Å². The lowest BCUT2D eigenvalue weighted by Crippen LogP contribution is -2.27. The minimum absolute atomic E-state index is 0.718. The van der Waals surface area contributed by atoms with Crippen molar-refractivity contribution >= 4 is 31.9 Å². The average Bonchev–Trinajstić information content (AvgIpc) is 2.53. The maximum absolute atomic E-state index is 3.69. The molecule has 1 aliphatic carbocycles. The predicted octanol–water partition coefficient (Wildman–Crippen LogP) is 5.02. The fourth-order valence-corrected chi connectivity index (χ4v) is 3.85. The molecule has 1 nitrogen and oxygen atoms in total. The van der Waals surface area contributed by atoms with Gasteiger partial charge in [-0.2, -0.15) is 0 Å². The summed E-state index contributed by atoms with van der Waals surface area (Å²) in [7, 11) is 0. The van der Waals surface area contributed by atoms with Gasteiger partial charge in [0.05, 0.1) is 0 Å². The molecule has 0 bridgehead atoms. The van der Waals surface area contributed by atoms with Gasteiger partial charge in [0.25, 0.3) is 0 Å². The third kappa shape index (κ3) is 4.72. The Hall–Kier alpha value is 0.140. The first-order chi connectivity index (χ1) is 8.24. The van der Waals surface area contributed by atoms with Crippen LogP contribution in [0.25, 0.3) is 0 Å². The smallest absolute Gasteiger partial charge is 0.0208 e. The molecule has 0 aromatic heterocycles. The maximum Gasteiger partial charge on any atom is 0.0208 e. The highest BCUT2D eigenvalue weighted by molar-refractivity contribution is 9.11. The Kier molecular flexibility index (Phi) is 5.51. The van der Waals surface area contributed by atoms with Gasteiger partial charge in [0, 0.05) is 21.5 Å². The molecule has 0 aliphatic heterocycles. The third-order valence-corrected chi connectivity index (χ3v) is 4.29. The van der Waals surface area contributed by atoms with Gasteiger partial charge in [-0.15, -0.1) is 0 Å². The van der Waals surface area contributed by atoms with E-state index in [0.717, 1.165) is 21.5 Å². The van der Waals surface area contributed by atoms with E-state index in [1.54, 1.807) is 0 Å². The summed E-state index contributed by atoms with van der Waals surface area (Å²) in [5.74, 6) is 0. The van der Waals surface area contributed by atoms with Crippen LogP contribution in [0.5, 0.6) is 0 Å². The Labute approximate surface area is 121 Å². The normalized spacial score (nSPS) is 18.0. The van der Waals surface area contributed by atoms with Crippen molar-refractivity contribution < 1.29 is 0 Å². The zero-order valence-corrected chi connectivity index (χ0v) is 13.2. The highest BCUT2D eigenvalue weighted by Gasteiger charge is 2.11. The van der Waals surface area contributed by atoms with E-state index in [4.69, 9.17) is 0 Å². The van der Waals surface area contributed by atoms with Gasteiger partial charge in [0.2, 0.25) is 0 Å². The molecule has 94 valence electrons. The van der Waals surface area contributed by atoms with Crippen LogP contribution < -0.4 is 5.32 Å². The van der Waals surface area contributed by atoms with Gasteiger partial charge in [0.15, 0.2) is 0 Å². The largest absolute Gasteiger partial charge is 0.310 e. The highest BCUT2D eigenvalue weighted by atomic mass is 79.9. The molecule has 1 fully saturated rings. The van der Waals surface area contributed by atoms with Crippen molar-refractivity contribution in [2.24, 2.45) is 0 Å². The van der Waals surface area contributed by atoms with Crippen molar-refractivity contribution in [3.05, 3.63) is 32.7 Å². The Morgan fingerprint density at radius 1 is 0.941 bits per heavy atom. The Bertz CT molecular complexity index is 337. The second-order valence-corrected chi connectivity index (χ2v) is 6.68. The minimum Gasteiger partial charge on any atom is -0.310 e. The van der Waals surface area contributed by atoms with Crippen LogP contribution >= 0.6 is 31.9 Å². The molecule has 0 radical (unpaired) electrons. The number of nitrogens with one attached hydrogen (secondary N) is 1. The van der Waals surface area contributed by atoms with Crippen LogP contribution in [0.1, 0.15) is 44.1 Å². The summed E-state index contributed by atoms with van der Waals surface area (Å²) < 4.78 is 2.29. The molecule has 0 saturated heterocycles. The van der Waals surface area contributed by atoms with Crippen LogP contribution in [-0.2, 0) is 6.54 Å². The van der Waals surface area contributed by atoms with E-state index in [9.17, 15) is 0 Å². The first kappa shape index (κ1) is 13.6. The van der Waals surface area contributed by atoms with Crippen LogP contribution in [0.15, 0.2) is 27.1 Å². The van der Waals surface area contributed by atoms with Crippen molar-refractivity contribution in [1.82, 2.24) is 5.32 Å². The Balaban J connectivity index is 1.87. The fourth-order valence-electron chi connectivity index (χ4n) is 2.46. The number of hydrogen-bond donors (Lipinski definition) is 1. The summed E-state index contributed by atoms with van der Waals surface area (Å²) in [6.45, 7) is 0.975. The molecule has 1 aliphatic rings.